The predicted molar refractivity (Wildman–Crippen MR) is 59.7 cm³/mol. The normalized spacial score (nSPS) is 15.4. The molecule has 0 amide bonds. The van der Waals surface area contributed by atoms with Crippen LogP contribution in [0.15, 0.2) is 6.20 Å². The van der Waals surface area contributed by atoms with Crippen molar-refractivity contribution in [3.8, 4) is 0 Å². The summed E-state index contributed by atoms with van der Waals surface area (Å²) in [5, 5.41) is 0. The van der Waals surface area contributed by atoms with Gasteiger partial charge in [0.15, 0.2) is 0 Å². The fourth-order valence-corrected chi connectivity index (χ4v) is 1.73. The lowest BCUT2D eigenvalue weighted by Crippen LogP contribution is -2.17. The third kappa shape index (κ3) is 3.65. The number of rotatable bonds is 4. The van der Waals surface area contributed by atoms with Crippen LogP contribution in [-0.4, -0.2) is 28.7 Å². The topological polar surface area (TPSA) is 52.1 Å². The van der Waals surface area contributed by atoms with Crippen molar-refractivity contribution in [2.24, 2.45) is 0 Å². The molecule has 104 valence electrons. The van der Waals surface area contributed by atoms with Crippen molar-refractivity contribution in [1.29, 1.82) is 0 Å². The summed E-state index contributed by atoms with van der Waals surface area (Å²) in [5.41, 5.74) is 0.558. The van der Waals surface area contributed by atoms with Crippen molar-refractivity contribution in [3.63, 3.8) is 0 Å². The van der Waals surface area contributed by atoms with Crippen LogP contribution < -0.4 is 0 Å². The summed E-state index contributed by atoms with van der Waals surface area (Å²) in [6, 6.07) is 0. The highest BCUT2D eigenvalue weighted by molar-refractivity contribution is 5.90. The van der Waals surface area contributed by atoms with Crippen LogP contribution in [-0.2, 0) is 11.2 Å². The molecular weight excluding hydrogens is 261 g/mol. The highest BCUT2D eigenvalue weighted by Gasteiger charge is 2.34. The van der Waals surface area contributed by atoms with Crippen LogP contribution in [0.3, 0.4) is 0 Å². The number of nitrogens with zero attached hydrogens (tertiary/aromatic N) is 2. The zero-order valence-corrected chi connectivity index (χ0v) is 10.3. The van der Waals surface area contributed by atoms with E-state index >= 15 is 0 Å². The molecule has 4 nitrogen and oxygen atoms in total. The lowest BCUT2D eigenvalue weighted by atomic mass is 10.1. The van der Waals surface area contributed by atoms with Crippen molar-refractivity contribution in [2.45, 2.75) is 38.3 Å². The summed E-state index contributed by atoms with van der Waals surface area (Å²) in [4.78, 5) is 19.2. The monoisotopic (exact) mass is 274 g/mol. The Balaban J connectivity index is 2.28. The van der Waals surface area contributed by atoms with Gasteiger partial charge in [-0.1, -0.05) is 0 Å². The van der Waals surface area contributed by atoms with Crippen molar-refractivity contribution in [1.82, 2.24) is 9.97 Å². The van der Waals surface area contributed by atoms with E-state index in [0.717, 1.165) is 19.0 Å². The first-order chi connectivity index (χ1) is 8.90. The Morgan fingerprint density at radius 2 is 2.16 bits per heavy atom. The number of carbonyl (C=O) groups excluding carboxylic acids is 1. The number of esters is 1. The zero-order valence-electron chi connectivity index (χ0n) is 10.3. The van der Waals surface area contributed by atoms with Crippen LogP contribution in [0.5, 0.6) is 0 Å². The van der Waals surface area contributed by atoms with Crippen molar-refractivity contribution < 1.29 is 22.7 Å². The summed E-state index contributed by atoms with van der Waals surface area (Å²) in [5.74, 6) is -0.834. The van der Waals surface area contributed by atoms with Crippen LogP contribution in [0.2, 0.25) is 0 Å². The fraction of sp³-hybridized carbons (Fsp3) is 0.583. The van der Waals surface area contributed by atoms with E-state index in [1.165, 1.54) is 0 Å². The highest BCUT2D eigenvalue weighted by Crippen LogP contribution is 2.40. The highest BCUT2D eigenvalue weighted by atomic mass is 19.4. The standard InChI is InChI=1S/C12H13F3N2O2/c1-2-19-11(18)8-6-16-9(5-12(13,14)15)17-10(8)7-3-4-7/h6-7H,2-5H2,1H3. The van der Waals surface area contributed by atoms with E-state index in [9.17, 15) is 18.0 Å². The zero-order chi connectivity index (χ0) is 14.0. The molecule has 0 unspecified atom stereocenters. The van der Waals surface area contributed by atoms with Crippen LogP contribution in [0.1, 0.15) is 47.6 Å². The van der Waals surface area contributed by atoms with Crippen molar-refractivity contribution in [3.05, 3.63) is 23.3 Å². The third-order valence-corrected chi connectivity index (χ3v) is 2.69. The van der Waals surface area contributed by atoms with Gasteiger partial charge in [-0.15, -0.1) is 0 Å². The van der Waals surface area contributed by atoms with E-state index in [2.05, 4.69) is 9.97 Å². The summed E-state index contributed by atoms with van der Waals surface area (Å²) >= 11 is 0. The van der Waals surface area contributed by atoms with Gasteiger partial charge in [0.1, 0.15) is 12.2 Å². The van der Waals surface area contributed by atoms with Crippen molar-refractivity contribution in [2.75, 3.05) is 6.61 Å². The Morgan fingerprint density at radius 1 is 1.47 bits per heavy atom. The molecule has 0 aromatic carbocycles. The van der Waals surface area contributed by atoms with Gasteiger partial charge in [0.25, 0.3) is 0 Å². The molecule has 1 heterocycles. The maximum absolute atomic E-state index is 12.3. The fourth-order valence-electron chi connectivity index (χ4n) is 1.73. The number of hydrogen-bond donors (Lipinski definition) is 0. The molecule has 7 heteroatoms. The largest absolute Gasteiger partial charge is 0.462 e. The molecule has 1 aromatic rings. The van der Waals surface area contributed by atoms with Gasteiger partial charge in [0.05, 0.1) is 17.9 Å². The number of hydrogen-bond acceptors (Lipinski definition) is 4. The first kappa shape index (κ1) is 13.8. The number of aromatic nitrogens is 2. The van der Waals surface area contributed by atoms with Gasteiger partial charge in [-0.05, 0) is 19.8 Å². The second-order valence-electron chi connectivity index (χ2n) is 4.37. The van der Waals surface area contributed by atoms with Crippen LogP contribution in [0, 0.1) is 0 Å². The molecule has 1 aromatic heterocycles. The average molecular weight is 274 g/mol. The van der Waals surface area contributed by atoms with Gasteiger partial charge in [-0.3, -0.25) is 0 Å². The lowest BCUT2D eigenvalue weighted by Gasteiger charge is -2.10. The van der Waals surface area contributed by atoms with E-state index in [1.54, 1.807) is 6.92 Å². The first-order valence-corrected chi connectivity index (χ1v) is 6.00. The summed E-state index contributed by atoms with van der Waals surface area (Å²) in [6.07, 6.45) is -2.74. The molecule has 1 fully saturated rings. The third-order valence-electron chi connectivity index (χ3n) is 2.69. The maximum atomic E-state index is 12.3. The molecule has 0 N–H and O–H groups in total. The van der Waals surface area contributed by atoms with Gasteiger partial charge in [0.2, 0.25) is 0 Å². The minimum Gasteiger partial charge on any atom is -0.462 e. The minimum atomic E-state index is -4.35. The van der Waals surface area contributed by atoms with Gasteiger partial charge in [-0.2, -0.15) is 13.2 Å². The molecular formula is C12H13F3N2O2. The molecule has 1 saturated carbocycles. The summed E-state index contributed by atoms with van der Waals surface area (Å²) in [7, 11) is 0. The molecule has 2 rings (SSSR count). The van der Waals surface area contributed by atoms with Crippen LogP contribution in [0.25, 0.3) is 0 Å². The molecule has 0 radical (unpaired) electrons. The van der Waals surface area contributed by atoms with Gasteiger partial charge >= 0.3 is 12.1 Å². The number of carbonyl (C=O) groups is 1. The number of halogens is 3. The Kier molecular flexibility index (Phi) is 3.73. The maximum Gasteiger partial charge on any atom is 0.396 e. The SMILES string of the molecule is CCOC(=O)c1cnc(CC(F)(F)F)nc1C1CC1. The van der Waals surface area contributed by atoms with Gasteiger partial charge in [-0.25, -0.2) is 14.8 Å². The summed E-state index contributed by atoms with van der Waals surface area (Å²) < 4.78 is 41.7. The molecule has 0 bridgehead atoms. The second-order valence-corrected chi connectivity index (χ2v) is 4.37. The number of ether oxygens (including phenoxy) is 1. The van der Waals surface area contributed by atoms with E-state index in [4.69, 9.17) is 4.74 Å². The van der Waals surface area contributed by atoms with Crippen LogP contribution in [0.4, 0.5) is 13.2 Å². The smallest absolute Gasteiger partial charge is 0.396 e. The Morgan fingerprint density at radius 3 is 2.68 bits per heavy atom. The molecule has 1 aliphatic rings. The predicted octanol–water partition coefficient (Wildman–Crippen LogP) is 2.64. The lowest BCUT2D eigenvalue weighted by molar-refractivity contribution is -0.128. The minimum absolute atomic E-state index is 0.0504. The van der Waals surface area contributed by atoms with E-state index in [-0.39, 0.29) is 23.9 Å². The van der Waals surface area contributed by atoms with Gasteiger partial charge in [0, 0.05) is 12.1 Å². The molecule has 0 saturated heterocycles. The average Bonchev–Trinajstić information content (AvgIpc) is 3.10. The number of alkyl halides is 3. The molecule has 19 heavy (non-hydrogen) atoms. The first-order valence-electron chi connectivity index (χ1n) is 6.00. The van der Waals surface area contributed by atoms with Gasteiger partial charge < -0.3 is 4.74 Å². The molecule has 1 aliphatic carbocycles. The summed E-state index contributed by atoms with van der Waals surface area (Å²) in [6.45, 7) is 1.86. The Labute approximate surface area is 108 Å². The Hall–Kier alpha value is -1.66. The van der Waals surface area contributed by atoms with Crippen LogP contribution >= 0.6 is 0 Å². The van der Waals surface area contributed by atoms with E-state index in [0.29, 0.717) is 5.69 Å². The Bertz CT molecular complexity index is 484. The quantitative estimate of drug-likeness (QED) is 0.792. The molecule has 0 atom stereocenters. The van der Waals surface area contributed by atoms with E-state index in [1.807, 2.05) is 0 Å². The molecule has 0 aliphatic heterocycles. The second kappa shape index (κ2) is 5.14. The molecule has 0 spiro atoms. The van der Waals surface area contributed by atoms with Crippen molar-refractivity contribution >= 4 is 5.97 Å². The van der Waals surface area contributed by atoms with E-state index < -0.39 is 18.6 Å².